The first-order chi connectivity index (χ1) is 15.9. The van der Waals surface area contributed by atoms with Gasteiger partial charge in [-0.1, -0.05) is 13.8 Å². The fourth-order valence-corrected chi connectivity index (χ4v) is 4.41. The van der Waals surface area contributed by atoms with Crippen molar-refractivity contribution in [3.05, 3.63) is 24.0 Å². The Morgan fingerprint density at radius 2 is 1.97 bits per heavy atom. The van der Waals surface area contributed by atoms with Crippen LogP contribution in [0.4, 0.5) is 36.4 Å². The molecule has 4 rings (SSSR count). The Morgan fingerprint density at radius 3 is 2.56 bits per heavy atom. The smallest absolute Gasteiger partial charge is 0.404 e. The van der Waals surface area contributed by atoms with E-state index in [-0.39, 0.29) is 35.7 Å². The highest BCUT2D eigenvalue weighted by molar-refractivity contribution is 6.03. The molecule has 0 saturated heterocycles. The van der Waals surface area contributed by atoms with Gasteiger partial charge in [0.2, 0.25) is 11.9 Å². The molecule has 0 bridgehead atoms. The number of alkyl halides is 3. The summed E-state index contributed by atoms with van der Waals surface area (Å²) < 4.78 is 40.7. The van der Waals surface area contributed by atoms with Crippen LogP contribution in [0.1, 0.15) is 32.4 Å². The molecule has 1 aliphatic heterocycles. The molecule has 34 heavy (non-hydrogen) atoms. The van der Waals surface area contributed by atoms with Crippen molar-refractivity contribution in [1.82, 2.24) is 15.0 Å². The number of likely N-dealkylation sites (N-methyl/N-ethyl adjacent to an activating group) is 1. The number of anilines is 4. The SMILES string of the molecule is Cc1nc(N(C)C2CC(Nc3ccc(OC(F)(F)F)cn3)C2)nc2c1NC(=O)C(C(C)C)N2C. The number of aryl methyl sites for hydroxylation is 1. The number of fused-ring (bicyclic) bond motifs is 1. The summed E-state index contributed by atoms with van der Waals surface area (Å²) in [7, 11) is 3.81. The van der Waals surface area contributed by atoms with Gasteiger partial charge >= 0.3 is 6.36 Å². The summed E-state index contributed by atoms with van der Waals surface area (Å²) in [4.78, 5) is 29.8. The van der Waals surface area contributed by atoms with E-state index >= 15 is 0 Å². The lowest BCUT2D eigenvalue weighted by Crippen LogP contribution is -2.51. The van der Waals surface area contributed by atoms with E-state index in [0.717, 1.165) is 19.0 Å². The number of carbonyl (C=O) groups excluding carboxylic acids is 1. The third-order valence-corrected chi connectivity index (χ3v) is 6.26. The zero-order valence-corrected chi connectivity index (χ0v) is 19.6. The molecule has 0 radical (unpaired) electrons. The van der Waals surface area contributed by atoms with Gasteiger partial charge in [-0.2, -0.15) is 4.98 Å². The summed E-state index contributed by atoms with van der Waals surface area (Å²) in [5.74, 6) is 1.47. The number of aromatic nitrogens is 3. The van der Waals surface area contributed by atoms with E-state index < -0.39 is 6.36 Å². The average Bonchev–Trinajstić information content (AvgIpc) is 2.70. The largest absolute Gasteiger partial charge is 0.573 e. The zero-order chi connectivity index (χ0) is 24.8. The van der Waals surface area contributed by atoms with E-state index in [1.807, 2.05) is 44.7 Å². The number of halogens is 3. The number of ether oxygens (including phenoxy) is 1. The molecule has 184 valence electrons. The van der Waals surface area contributed by atoms with Gasteiger partial charge in [0.05, 0.1) is 11.9 Å². The summed E-state index contributed by atoms with van der Waals surface area (Å²) in [6, 6.07) is 2.70. The second kappa shape index (κ2) is 8.80. The van der Waals surface area contributed by atoms with Gasteiger partial charge in [-0.15, -0.1) is 13.2 Å². The average molecular weight is 480 g/mol. The van der Waals surface area contributed by atoms with Crippen LogP contribution in [0.3, 0.4) is 0 Å². The Hall–Kier alpha value is -3.31. The second-order valence-electron chi connectivity index (χ2n) is 9.10. The molecule has 2 aromatic heterocycles. The summed E-state index contributed by atoms with van der Waals surface area (Å²) in [6.45, 7) is 5.85. The van der Waals surface area contributed by atoms with Crippen molar-refractivity contribution in [3.63, 3.8) is 0 Å². The number of carbonyl (C=O) groups is 1. The lowest BCUT2D eigenvalue weighted by atomic mass is 9.86. The Bertz CT molecular complexity index is 1060. The molecule has 1 fully saturated rings. The van der Waals surface area contributed by atoms with E-state index in [9.17, 15) is 18.0 Å². The Labute approximate surface area is 195 Å². The van der Waals surface area contributed by atoms with Crippen LogP contribution in [0.2, 0.25) is 0 Å². The quantitative estimate of drug-likeness (QED) is 0.649. The van der Waals surface area contributed by atoms with Gasteiger partial charge in [0.25, 0.3) is 0 Å². The molecule has 1 atom stereocenters. The first-order valence-corrected chi connectivity index (χ1v) is 11.1. The van der Waals surface area contributed by atoms with Crippen LogP contribution in [0, 0.1) is 12.8 Å². The van der Waals surface area contributed by atoms with Gasteiger partial charge in [-0.25, -0.2) is 9.97 Å². The van der Waals surface area contributed by atoms with Crippen LogP contribution in [0.25, 0.3) is 0 Å². The molecule has 0 aromatic carbocycles. The highest BCUT2D eigenvalue weighted by Gasteiger charge is 2.38. The second-order valence-corrected chi connectivity index (χ2v) is 9.10. The fourth-order valence-electron chi connectivity index (χ4n) is 4.41. The van der Waals surface area contributed by atoms with E-state index in [4.69, 9.17) is 4.98 Å². The number of rotatable bonds is 6. The molecule has 2 aromatic rings. The van der Waals surface area contributed by atoms with Crippen molar-refractivity contribution in [2.45, 2.75) is 58.1 Å². The fraction of sp³-hybridized carbons (Fsp3) is 0.545. The first kappa shape index (κ1) is 23.8. The highest BCUT2D eigenvalue weighted by Crippen LogP contribution is 2.36. The molecule has 1 aliphatic carbocycles. The lowest BCUT2D eigenvalue weighted by Gasteiger charge is -2.42. The zero-order valence-electron chi connectivity index (χ0n) is 19.6. The Balaban J connectivity index is 1.39. The molecular weight excluding hydrogens is 451 g/mol. The molecule has 1 amide bonds. The molecule has 2 aliphatic rings. The lowest BCUT2D eigenvalue weighted by molar-refractivity contribution is -0.274. The molecule has 1 unspecified atom stereocenters. The van der Waals surface area contributed by atoms with E-state index in [2.05, 4.69) is 25.3 Å². The van der Waals surface area contributed by atoms with Gasteiger partial charge in [0, 0.05) is 26.2 Å². The van der Waals surface area contributed by atoms with Crippen molar-refractivity contribution < 1.29 is 22.7 Å². The number of pyridine rings is 1. The van der Waals surface area contributed by atoms with Crippen molar-refractivity contribution in [1.29, 1.82) is 0 Å². The number of nitrogens with zero attached hydrogens (tertiary/aromatic N) is 5. The summed E-state index contributed by atoms with van der Waals surface area (Å²) in [5.41, 5.74) is 1.34. The van der Waals surface area contributed by atoms with E-state index in [0.29, 0.717) is 29.0 Å². The predicted octanol–water partition coefficient (Wildman–Crippen LogP) is 3.57. The molecule has 9 nitrogen and oxygen atoms in total. The predicted molar refractivity (Wildman–Crippen MR) is 122 cm³/mol. The summed E-state index contributed by atoms with van der Waals surface area (Å²) in [6.07, 6.45) is -2.11. The number of hydrogen-bond donors (Lipinski definition) is 2. The Kier molecular flexibility index (Phi) is 6.17. The molecule has 12 heteroatoms. The van der Waals surface area contributed by atoms with Crippen LogP contribution in [-0.2, 0) is 4.79 Å². The van der Waals surface area contributed by atoms with Crippen LogP contribution < -0.4 is 25.2 Å². The van der Waals surface area contributed by atoms with Gasteiger partial charge in [0.1, 0.15) is 23.3 Å². The number of nitrogens with one attached hydrogen (secondary N) is 2. The van der Waals surface area contributed by atoms with Crippen LogP contribution in [-0.4, -0.2) is 59.4 Å². The molecule has 1 saturated carbocycles. The molecule has 0 spiro atoms. The first-order valence-electron chi connectivity index (χ1n) is 11.1. The Morgan fingerprint density at radius 1 is 1.26 bits per heavy atom. The third kappa shape index (κ3) is 4.80. The minimum absolute atomic E-state index is 0.0580. The van der Waals surface area contributed by atoms with E-state index in [1.54, 1.807) is 0 Å². The maximum atomic E-state index is 12.5. The molecular formula is C22H28F3N7O2. The molecule has 2 N–H and O–H groups in total. The normalized spacial score (nSPS) is 22.1. The summed E-state index contributed by atoms with van der Waals surface area (Å²) in [5, 5.41) is 6.18. The topological polar surface area (TPSA) is 95.5 Å². The summed E-state index contributed by atoms with van der Waals surface area (Å²) >= 11 is 0. The van der Waals surface area contributed by atoms with Crippen molar-refractivity contribution >= 4 is 29.2 Å². The van der Waals surface area contributed by atoms with Crippen molar-refractivity contribution in [2.24, 2.45) is 5.92 Å². The van der Waals surface area contributed by atoms with Crippen molar-refractivity contribution in [3.8, 4) is 5.75 Å². The minimum Gasteiger partial charge on any atom is -0.404 e. The van der Waals surface area contributed by atoms with Crippen LogP contribution in [0.15, 0.2) is 18.3 Å². The van der Waals surface area contributed by atoms with Gasteiger partial charge in [-0.05, 0) is 37.8 Å². The minimum atomic E-state index is -4.74. The number of amides is 1. The third-order valence-electron chi connectivity index (χ3n) is 6.26. The van der Waals surface area contributed by atoms with Crippen LogP contribution in [0.5, 0.6) is 5.75 Å². The maximum Gasteiger partial charge on any atom is 0.573 e. The van der Waals surface area contributed by atoms with Crippen LogP contribution >= 0.6 is 0 Å². The maximum absolute atomic E-state index is 12.5. The van der Waals surface area contributed by atoms with Gasteiger partial charge in [-0.3, -0.25) is 4.79 Å². The number of hydrogen-bond acceptors (Lipinski definition) is 8. The molecule has 3 heterocycles. The monoisotopic (exact) mass is 479 g/mol. The highest BCUT2D eigenvalue weighted by atomic mass is 19.4. The standard InChI is InChI=1S/C22H28F3N7O2/c1-11(2)18-20(33)29-17-12(3)27-21(30-19(17)32(18)5)31(4)14-8-13(9-14)28-16-7-6-15(10-26-16)34-22(23,24)25/h6-7,10-11,13-14,18H,8-9H2,1-5H3,(H,26,28)(H,29,33). The van der Waals surface area contributed by atoms with E-state index in [1.165, 1.54) is 12.1 Å². The van der Waals surface area contributed by atoms with Gasteiger partial charge < -0.3 is 25.2 Å². The van der Waals surface area contributed by atoms with Gasteiger partial charge in [0.15, 0.2) is 5.82 Å². The van der Waals surface area contributed by atoms with Crippen molar-refractivity contribution in [2.75, 3.05) is 34.5 Å².